The highest BCUT2D eigenvalue weighted by molar-refractivity contribution is 8.13. The number of rotatable bonds is 2. The molecule has 16 heavy (non-hydrogen) atoms. The molecule has 0 bridgehead atoms. The quantitative estimate of drug-likeness (QED) is 0.769. The van der Waals surface area contributed by atoms with E-state index in [2.05, 4.69) is 19.0 Å². The van der Waals surface area contributed by atoms with E-state index in [1.54, 1.807) is 0 Å². The third kappa shape index (κ3) is 2.40. The molecule has 0 saturated heterocycles. The Morgan fingerprint density at radius 3 is 2.81 bits per heavy atom. The van der Waals surface area contributed by atoms with Gasteiger partial charge in [0.05, 0.1) is 0 Å². The average molecular weight is 264 g/mol. The number of halogens is 1. The van der Waals surface area contributed by atoms with Gasteiger partial charge < -0.3 is 4.52 Å². The highest BCUT2D eigenvalue weighted by atomic mass is 35.7. The lowest BCUT2D eigenvalue weighted by molar-refractivity contribution is 0.324. The molecule has 0 N–H and O–H groups in total. The fourth-order valence-electron chi connectivity index (χ4n) is 2.38. The third-order valence-corrected chi connectivity index (χ3v) is 3.91. The first-order valence-electron chi connectivity index (χ1n) is 5.26. The predicted octanol–water partition coefficient (Wildman–Crippen LogP) is 2.43. The summed E-state index contributed by atoms with van der Waals surface area (Å²) in [6.45, 7) is 4.21. The van der Waals surface area contributed by atoms with Crippen LogP contribution in [0.4, 0.5) is 0 Å². The summed E-state index contributed by atoms with van der Waals surface area (Å²) in [7, 11) is 1.66. The molecule has 0 aliphatic heterocycles. The summed E-state index contributed by atoms with van der Waals surface area (Å²) in [5.41, 5.74) is 1.42. The molecule has 0 saturated carbocycles. The van der Waals surface area contributed by atoms with Gasteiger partial charge in [-0.15, -0.1) is 0 Å². The van der Waals surface area contributed by atoms with E-state index in [-0.39, 0.29) is 5.75 Å². The second kappa shape index (κ2) is 4.04. The minimum atomic E-state index is -3.57. The van der Waals surface area contributed by atoms with E-state index in [0.717, 1.165) is 24.2 Å². The molecule has 2 rings (SSSR count). The number of fused-ring (bicyclic) bond motifs is 1. The van der Waals surface area contributed by atoms with Gasteiger partial charge in [0.2, 0.25) is 9.05 Å². The van der Waals surface area contributed by atoms with Crippen LogP contribution in [0.1, 0.15) is 43.2 Å². The van der Waals surface area contributed by atoms with Gasteiger partial charge in [-0.3, -0.25) is 0 Å². The Morgan fingerprint density at radius 2 is 2.19 bits per heavy atom. The highest BCUT2D eigenvalue weighted by Crippen LogP contribution is 2.36. The first-order chi connectivity index (χ1) is 7.37. The van der Waals surface area contributed by atoms with E-state index in [0.29, 0.717) is 17.5 Å². The van der Waals surface area contributed by atoms with Crippen molar-refractivity contribution in [3.8, 4) is 0 Å². The van der Waals surface area contributed by atoms with Crippen molar-refractivity contribution >= 4 is 19.7 Å². The second-order valence-corrected chi connectivity index (χ2v) is 7.38. The maximum Gasteiger partial charge on any atom is 0.238 e. The lowest BCUT2D eigenvalue weighted by Gasteiger charge is -2.22. The Balaban J connectivity index is 2.37. The van der Waals surface area contributed by atoms with Gasteiger partial charge in [0.25, 0.3) is 0 Å². The Bertz CT molecular complexity index is 494. The fourth-order valence-corrected chi connectivity index (χ4v) is 3.25. The molecule has 4 nitrogen and oxygen atoms in total. The molecule has 2 atom stereocenters. The van der Waals surface area contributed by atoms with Gasteiger partial charge >= 0.3 is 0 Å². The molecule has 1 aliphatic rings. The van der Waals surface area contributed by atoms with Crippen LogP contribution in [0.2, 0.25) is 0 Å². The minimum Gasteiger partial charge on any atom is -0.361 e. The zero-order valence-corrected chi connectivity index (χ0v) is 10.8. The van der Waals surface area contributed by atoms with Crippen molar-refractivity contribution in [3.05, 3.63) is 17.0 Å². The predicted molar refractivity (Wildman–Crippen MR) is 60.9 cm³/mol. The summed E-state index contributed by atoms with van der Waals surface area (Å²) < 4.78 is 27.3. The van der Waals surface area contributed by atoms with Crippen molar-refractivity contribution in [2.45, 2.75) is 38.4 Å². The highest BCUT2D eigenvalue weighted by Gasteiger charge is 2.29. The van der Waals surface area contributed by atoms with Gasteiger partial charge in [-0.1, -0.05) is 19.0 Å². The molecular weight excluding hydrogens is 250 g/mol. The van der Waals surface area contributed by atoms with Crippen LogP contribution in [0.3, 0.4) is 0 Å². The number of aromatic nitrogens is 1. The van der Waals surface area contributed by atoms with Crippen molar-refractivity contribution in [3.63, 3.8) is 0 Å². The fraction of sp³-hybridized carbons (Fsp3) is 0.700. The van der Waals surface area contributed by atoms with E-state index in [1.165, 1.54) is 0 Å². The summed E-state index contributed by atoms with van der Waals surface area (Å²) >= 11 is 0. The van der Waals surface area contributed by atoms with Gasteiger partial charge in [0.1, 0.15) is 17.2 Å². The minimum absolute atomic E-state index is 0.243. The molecule has 1 heterocycles. The Hall–Kier alpha value is -0.550. The molecule has 1 aromatic rings. The molecule has 2 unspecified atom stereocenters. The molecular formula is C10H14ClNO3S. The largest absolute Gasteiger partial charge is 0.361 e. The Kier molecular flexibility index (Phi) is 3.01. The summed E-state index contributed by atoms with van der Waals surface area (Å²) in [5, 5.41) is 3.83. The van der Waals surface area contributed by atoms with Gasteiger partial charge in [-0.25, -0.2) is 8.42 Å². The zero-order valence-electron chi connectivity index (χ0n) is 9.23. The van der Waals surface area contributed by atoms with E-state index < -0.39 is 9.05 Å². The van der Waals surface area contributed by atoms with Gasteiger partial charge in [0, 0.05) is 22.2 Å². The van der Waals surface area contributed by atoms with Gasteiger partial charge in [-0.2, -0.15) is 0 Å². The zero-order chi connectivity index (χ0) is 11.9. The maximum absolute atomic E-state index is 11.0. The van der Waals surface area contributed by atoms with Crippen molar-refractivity contribution in [2.75, 3.05) is 0 Å². The van der Waals surface area contributed by atoms with Crippen LogP contribution >= 0.6 is 10.7 Å². The Morgan fingerprint density at radius 1 is 1.50 bits per heavy atom. The lowest BCUT2D eigenvalue weighted by atomic mass is 9.82. The van der Waals surface area contributed by atoms with Gasteiger partial charge in [0.15, 0.2) is 0 Å². The first-order valence-corrected chi connectivity index (χ1v) is 7.74. The summed E-state index contributed by atoms with van der Waals surface area (Å²) in [6, 6.07) is 0. The van der Waals surface area contributed by atoms with Crippen LogP contribution in [-0.2, 0) is 21.2 Å². The van der Waals surface area contributed by atoms with Crippen LogP contribution in [-0.4, -0.2) is 13.6 Å². The lowest BCUT2D eigenvalue weighted by Crippen LogP contribution is -2.14. The van der Waals surface area contributed by atoms with Gasteiger partial charge in [-0.05, 0) is 18.8 Å². The second-order valence-electron chi connectivity index (χ2n) is 4.60. The molecule has 0 amide bonds. The molecule has 1 aliphatic carbocycles. The number of hydrogen-bond acceptors (Lipinski definition) is 4. The SMILES string of the molecule is CC1Cc2c(CS(=O)(=O)Cl)noc2C(C)C1. The molecule has 1 aromatic heterocycles. The van der Waals surface area contributed by atoms with Crippen LogP contribution in [0.5, 0.6) is 0 Å². The standard InChI is InChI=1S/C10H14ClNO3S/c1-6-3-7(2)10-8(4-6)9(12-15-10)5-16(11,13)14/h6-7H,3-5H2,1-2H3. The van der Waals surface area contributed by atoms with Crippen molar-refractivity contribution in [2.24, 2.45) is 5.92 Å². The van der Waals surface area contributed by atoms with Crippen molar-refractivity contribution in [1.29, 1.82) is 0 Å². The average Bonchev–Trinajstić information content (AvgIpc) is 2.46. The summed E-state index contributed by atoms with van der Waals surface area (Å²) in [6.07, 6.45) is 1.88. The van der Waals surface area contributed by atoms with E-state index >= 15 is 0 Å². The number of hydrogen-bond donors (Lipinski definition) is 0. The number of nitrogens with zero attached hydrogens (tertiary/aromatic N) is 1. The van der Waals surface area contributed by atoms with E-state index in [4.69, 9.17) is 15.2 Å². The molecule has 0 radical (unpaired) electrons. The van der Waals surface area contributed by atoms with Crippen molar-refractivity contribution in [1.82, 2.24) is 5.16 Å². The maximum atomic E-state index is 11.0. The normalized spacial score (nSPS) is 25.4. The molecule has 90 valence electrons. The van der Waals surface area contributed by atoms with Crippen LogP contribution < -0.4 is 0 Å². The molecule has 0 fully saturated rings. The Labute approximate surface area is 99.4 Å². The molecule has 0 spiro atoms. The van der Waals surface area contributed by atoms with E-state index in [1.807, 2.05) is 0 Å². The molecule has 0 aromatic carbocycles. The molecule has 6 heteroatoms. The van der Waals surface area contributed by atoms with Crippen molar-refractivity contribution < 1.29 is 12.9 Å². The first kappa shape index (κ1) is 11.9. The van der Waals surface area contributed by atoms with E-state index in [9.17, 15) is 8.42 Å². The monoisotopic (exact) mass is 263 g/mol. The summed E-state index contributed by atoms with van der Waals surface area (Å²) in [5.74, 6) is 1.41. The smallest absolute Gasteiger partial charge is 0.238 e. The van der Waals surface area contributed by atoms with Crippen LogP contribution in [0.25, 0.3) is 0 Å². The van der Waals surface area contributed by atoms with Crippen LogP contribution in [0.15, 0.2) is 4.52 Å². The topological polar surface area (TPSA) is 60.2 Å². The van der Waals surface area contributed by atoms with Crippen LogP contribution in [0, 0.1) is 5.92 Å². The third-order valence-electron chi connectivity index (χ3n) is 2.97. The summed E-state index contributed by atoms with van der Waals surface area (Å²) in [4.78, 5) is 0.